The van der Waals surface area contributed by atoms with E-state index in [0.29, 0.717) is 12.2 Å². The molecule has 0 saturated carbocycles. The Labute approximate surface area is 108 Å². The maximum absolute atomic E-state index is 12.0. The van der Waals surface area contributed by atoms with Crippen LogP contribution in [-0.4, -0.2) is 18.4 Å². The summed E-state index contributed by atoms with van der Waals surface area (Å²) in [5.74, 6) is -0.292. The summed E-state index contributed by atoms with van der Waals surface area (Å²) in [6, 6.07) is 5.77. The number of ether oxygens (including phenoxy) is 1. The number of esters is 1. The third kappa shape index (κ3) is 4.32. The van der Waals surface area contributed by atoms with Crippen molar-refractivity contribution in [2.45, 2.75) is 40.0 Å². The van der Waals surface area contributed by atoms with Crippen molar-refractivity contribution in [2.24, 2.45) is 0 Å². The van der Waals surface area contributed by atoms with E-state index in [4.69, 9.17) is 4.74 Å². The maximum Gasteiger partial charge on any atom is 0.306 e. The predicted molar refractivity (Wildman–Crippen MR) is 70.7 cm³/mol. The molecule has 0 unspecified atom stereocenters. The minimum absolute atomic E-state index is 0.00430. The Hall–Kier alpha value is -1.64. The van der Waals surface area contributed by atoms with Crippen LogP contribution in [0.1, 0.15) is 47.7 Å². The zero-order valence-electron chi connectivity index (χ0n) is 11.3. The Morgan fingerprint density at radius 2 is 1.89 bits per heavy atom. The predicted octanol–water partition coefficient (Wildman–Crippen LogP) is 3.22. The van der Waals surface area contributed by atoms with Gasteiger partial charge in [-0.15, -0.1) is 0 Å². The Morgan fingerprint density at radius 1 is 1.17 bits per heavy atom. The molecule has 3 heteroatoms. The normalized spacial score (nSPS) is 10.2. The average molecular weight is 248 g/mol. The maximum atomic E-state index is 12.0. The lowest BCUT2D eigenvalue weighted by atomic mass is 9.99. The van der Waals surface area contributed by atoms with Gasteiger partial charge in [0, 0.05) is 12.0 Å². The summed E-state index contributed by atoms with van der Waals surface area (Å²) in [7, 11) is 0. The molecule has 0 spiro atoms. The van der Waals surface area contributed by atoms with Gasteiger partial charge in [-0.1, -0.05) is 24.6 Å². The van der Waals surface area contributed by atoms with E-state index in [0.717, 1.165) is 17.5 Å². The van der Waals surface area contributed by atoms with Crippen molar-refractivity contribution >= 4 is 11.8 Å². The molecule has 1 aromatic rings. The highest BCUT2D eigenvalue weighted by molar-refractivity contribution is 5.98. The van der Waals surface area contributed by atoms with Gasteiger partial charge in [0.25, 0.3) is 0 Å². The summed E-state index contributed by atoms with van der Waals surface area (Å²) in [5, 5.41) is 0. The fourth-order valence-corrected chi connectivity index (χ4v) is 1.67. The summed E-state index contributed by atoms with van der Waals surface area (Å²) >= 11 is 0. The molecule has 3 nitrogen and oxygen atoms in total. The Balaban J connectivity index is 2.55. The van der Waals surface area contributed by atoms with Crippen LogP contribution in [0.2, 0.25) is 0 Å². The molecular weight excluding hydrogens is 228 g/mol. The molecule has 0 N–H and O–H groups in total. The number of hydrogen-bond acceptors (Lipinski definition) is 3. The van der Waals surface area contributed by atoms with Crippen molar-refractivity contribution in [3.63, 3.8) is 0 Å². The molecule has 98 valence electrons. The van der Waals surface area contributed by atoms with Crippen molar-refractivity contribution < 1.29 is 14.3 Å². The molecule has 0 heterocycles. The SMILES string of the molecule is CCCOC(=O)CCC(=O)c1cc(C)ccc1C. The van der Waals surface area contributed by atoms with Crippen LogP contribution < -0.4 is 0 Å². The first-order chi connectivity index (χ1) is 8.54. The largest absolute Gasteiger partial charge is 0.466 e. The van der Waals surface area contributed by atoms with Gasteiger partial charge in [0.15, 0.2) is 5.78 Å². The number of carbonyl (C=O) groups is 2. The highest BCUT2D eigenvalue weighted by Crippen LogP contribution is 2.14. The average Bonchev–Trinajstić information content (AvgIpc) is 2.36. The number of rotatable bonds is 6. The molecule has 0 aliphatic rings. The van der Waals surface area contributed by atoms with Gasteiger partial charge in [-0.05, 0) is 31.9 Å². The number of aryl methyl sites for hydroxylation is 2. The molecule has 0 atom stereocenters. The van der Waals surface area contributed by atoms with E-state index in [1.165, 1.54) is 0 Å². The second-order valence-corrected chi connectivity index (χ2v) is 4.46. The summed E-state index contributed by atoms with van der Waals surface area (Å²) in [5.41, 5.74) is 2.71. The fourth-order valence-electron chi connectivity index (χ4n) is 1.67. The molecule has 0 fully saturated rings. The summed E-state index contributed by atoms with van der Waals surface area (Å²) < 4.78 is 4.94. The second-order valence-electron chi connectivity index (χ2n) is 4.46. The molecular formula is C15H20O3. The van der Waals surface area contributed by atoms with E-state index in [1.54, 1.807) is 0 Å². The van der Waals surface area contributed by atoms with E-state index < -0.39 is 0 Å². The monoisotopic (exact) mass is 248 g/mol. The van der Waals surface area contributed by atoms with Gasteiger partial charge in [-0.2, -0.15) is 0 Å². The molecule has 0 aliphatic carbocycles. The van der Waals surface area contributed by atoms with Crippen LogP contribution in [0, 0.1) is 13.8 Å². The smallest absolute Gasteiger partial charge is 0.306 e. The topological polar surface area (TPSA) is 43.4 Å². The summed E-state index contributed by atoms with van der Waals surface area (Å²) in [4.78, 5) is 23.3. The first-order valence-corrected chi connectivity index (χ1v) is 6.30. The fraction of sp³-hybridized carbons (Fsp3) is 0.467. The van der Waals surface area contributed by atoms with Crippen molar-refractivity contribution in [1.82, 2.24) is 0 Å². The minimum atomic E-state index is -0.296. The van der Waals surface area contributed by atoms with E-state index in [-0.39, 0.29) is 24.6 Å². The molecule has 0 saturated heterocycles. The van der Waals surface area contributed by atoms with Crippen molar-refractivity contribution in [3.05, 3.63) is 34.9 Å². The third-order valence-corrected chi connectivity index (χ3v) is 2.72. The number of hydrogen-bond donors (Lipinski definition) is 0. The highest BCUT2D eigenvalue weighted by atomic mass is 16.5. The zero-order chi connectivity index (χ0) is 13.5. The molecule has 0 aromatic heterocycles. The highest BCUT2D eigenvalue weighted by Gasteiger charge is 2.12. The number of carbonyl (C=O) groups excluding carboxylic acids is 2. The lowest BCUT2D eigenvalue weighted by molar-refractivity contribution is -0.143. The van der Waals surface area contributed by atoms with E-state index in [2.05, 4.69) is 0 Å². The first-order valence-electron chi connectivity index (χ1n) is 6.30. The lowest BCUT2D eigenvalue weighted by Gasteiger charge is -2.06. The molecule has 0 aliphatic heterocycles. The van der Waals surface area contributed by atoms with Gasteiger partial charge in [0.2, 0.25) is 0 Å². The minimum Gasteiger partial charge on any atom is -0.466 e. The van der Waals surface area contributed by atoms with Crippen LogP contribution in [-0.2, 0) is 9.53 Å². The second kappa shape index (κ2) is 6.94. The van der Waals surface area contributed by atoms with E-state index >= 15 is 0 Å². The Kier molecular flexibility index (Phi) is 5.56. The zero-order valence-corrected chi connectivity index (χ0v) is 11.3. The third-order valence-electron chi connectivity index (χ3n) is 2.72. The first kappa shape index (κ1) is 14.4. The Bertz CT molecular complexity index is 435. The van der Waals surface area contributed by atoms with E-state index in [1.807, 2.05) is 39.0 Å². The van der Waals surface area contributed by atoms with Crippen LogP contribution >= 0.6 is 0 Å². The summed E-state index contributed by atoms with van der Waals surface area (Å²) in [6.07, 6.45) is 1.18. The Morgan fingerprint density at radius 3 is 2.56 bits per heavy atom. The van der Waals surface area contributed by atoms with Gasteiger partial charge in [-0.3, -0.25) is 9.59 Å². The molecule has 0 bridgehead atoms. The van der Waals surface area contributed by atoms with Gasteiger partial charge >= 0.3 is 5.97 Å². The number of benzene rings is 1. The molecule has 18 heavy (non-hydrogen) atoms. The van der Waals surface area contributed by atoms with Gasteiger partial charge < -0.3 is 4.74 Å². The van der Waals surface area contributed by atoms with Crippen LogP contribution in [0.15, 0.2) is 18.2 Å². The molecule has 1 rings (SSSR count). The van der Waals surface area contributed by atoms with E-state index in [9.17, 15) is 9.59 Å². The van der Waals surface area contributed by atoms with Crippen molar-refractivity contribution in [1.29, 1.82) is 0 Å². The quantitative estimate of drug-likeness (QED) is 0.573. The molecule has 0 amide bonds. The van der Waals surface area contributed by atoms with Gasteiger partial charge in [0.05, 0.1) is 13.0 Å². The lowest BCUT2D eigenvalue weighted by Crippen LogP contribution is -2.09. The number of Topliss-reactive ketones (excluding diaryl/α,β-unsaturated/α-hetero) is 1. The molecule has 0 radical (unpaired) electrons. The number of ketones is 1. The van der Waals surface area contributed by atoms with Gasteiger partial charge in [0.1, 0.15) is 0 Å². The van der Waals surface area contributed by atoms with Crippen molar-refractivity contribution in [2.75, 3.05) is 6.61 Å². The van der Waals surface area contributed by atoms with Crippen LogP contribution in [0.25, 0.3) is 0 Å². The molecule has 1 aromatic carbocycles. The van der Waals surface area contributed by atoms with Crippen LogP contribution in [0.3, 0.4) is 0 Å². The van der Waals surface area contributed by atoms with Crippen LogP contribution in [0.5, 0.6) is 0 Å². The van der Waals surface area contributed by atoms with Crippen LogP contribution in [0.4, 0.5) is 0 Å². The summed E-state index contributed by atoms with van der Waals surface area (Å²) in [6.45, 7) is 6.22. The van der Waals surface area contributed by atoms with Crippen molar-refractivity contribution in [3.8, 4) is 0 Å². The standard InChI is InChI=1S/C15H20O3/c1-4-9-18-15(17)8-7-14(16)13-10-11(2)5-6-12(13)3/h5-6,10H,4,7-9H2,1-3H3. The van der Waals surface area contributed by atoms with Gasteiger partial charge in [-0.25, -0.2) is 0 Å².